The summed E-state index contributed by atoms with van der Waals surface area (Å²) >= 11 is 3.41. The lowest BCUT2D eigenvalue weighted by Gasteiger charge is -2.35. The quantitative estimate of drug-likeness (QED) is 0.883. The predicted octanol–water partition coefficient (Wildman–Crippen LogP) is 3.24. The number of rotatable bonds is 5. The summed E-state index contributed by atoms with van der Waals surface area (Å²) in [5.74, 6) is -0.692. The second kappa shape index (κ2) is 7.59. The van der Waals surface area contributed by atoms with Crippen LogP contribution < -0.4 is 0 Å². The van der Waals surface area contributed by atoms with Crippen LogP contribution in [0.2, 0.25) is 0 Å². The van der Waals surface area contributed by atoms with E-state index in [4.69, 9.17) is 5.11 Å². The van der Waals surface area contributed by atoms with Crippen molar-refractivity contribution in [3.05, 3.63) is 34.3 Å². The normalized spacial score (nSPS) is 18.5. The first-order valence-corrected chi connectivity index (χ1v) is 8.11. The van der Waals surface area contributed by atoms with Crippen LogP contribution >= 0.6 is 15.9 Å². The summed E-state index contributed by atoms with van der Waals surface area (Å²) in [5.41, 5.74) is 0.983. The molecule has 0 spiro atoms. The Morgan fingerprint density at radius 1 is 1.33 bits per heavy atom. The number of carbonyl (C=O) groups excluding carboxylic acids is 1. The largest absolute Gasteiger partial charge is 0.481 e. The van der Waals surface area contributed by atoms with Gasteiger partial charge in [-0.2, -0.15) is 0 Å². The fraction of sp³-hybridized carbons (Fsp3) is 0.500. The maximum absolute atomic E-state index is 12.5. The molecule has 1 aromatic rings. The number of hydrogen-bond acceptors (Lipinski definition) is 2. The molecular weight excluding hydrogens is 334 g/mol. The molecule has 0 aliphatic carbocycles. The van der Waals surface area contributed by atoms with E-state index in [1.807, 2.05) is 29.2 Å². The Labute approximate surface area is 133 Å². The number of carboxylic acid groups (broad SMARTS) is 1. The van der Waals surface area contributed by atoms with Crippen molar-refractivity contribution in [1.29, 1.82) is 0 Å². The minimum Gasteiger partial charge on any atom is -0.481 e. The lowest BCUT2D eigenvalue weighted by Crippen LogP contribution is -2.44. The van der Waals surface area contributed by atoms with E-state index in [9.17, 15) is 9.59 Å². The third kappa shape index (κ3) is 4.84. The molecule has 1 aromatic carbocycles. The predicted molar refractivity (Wildman–Crippen MR) is 84.1 cm³/mol. The maximum Gasteiger partial charge on any atom is 0.303 e. The van der Waals surface area contributed by atoms with Crippen molar-refractivity contribution in [3.63, 3.8) is 0 Å². The first-order chi connectivity index (χ1) is 10.1. The highest BCUT2D eigenvalue weighted by Gasteiger charge is 2.26. The molecule has 0 saturated carbocycles. The van der Waals surface area contributed by atoms with Crippen molar-refractivity contribution < 1.29 is 14.7 Å². The zero-order chi connectivity index (χ0) is 15.2. The molecule has 1 fully saturated rings. The van der Waals surface area contributed by atoms with Gasteiger partial charge in [-0.1, -0.05) is 28.1 Å². The lowest BCUT2D eigenvalue weighted by atomic mass is 9.97. The number of likely N-dealkylation sites (tertiary alicyclic amines) is 1. The van der Waals surface area contributed by atoms with Gasteiger partial charge in [-0.25, -0.2) is 0 Å². The molecule has 21 heavy (non-hydrogen) atoms. The van der Waals surface area contributed by atoms with E-state index in [2.05, 4.69) is 15.9 Å². The number of carboxylic acids is 1. The Balaban J connectivity index is 1.99. The highest BCUT2D eigenvalue weighted by Crippen LogP contribution is 2.22. The molecule has 114 valence electrons. The average molecular weight is 354 g/mol. The Hall–Kier alpha value is -1.36. The van der Waals surface area contributed by atoms with E-state index < -0.39 is 5.97 Å². The Morgan fingerprint density at radius 3 is 2.86 bits per heavy atom. The van der Waals surface area contributed by atoms with Crippen LogP contribution in [-0.4, -0.2) is 34.5 Å². The van der Waals surface area contributed by atoms with E-state index in [0.29, 0.717) is 12.8 Å². The number of halogens is 1. The van der Waals surface area contributed by atoms with Crippen LogP contribution in [0.15, 0.2) is 28.7 Å². The smallest absolute Gasteiger partial charge is 0.303 e. The molecule has 1 aliphatic rings. The molecule has 2 rings (SSSR count). The molecule has 1 aliphatic heterocycles. The SMILES string of the molecule is O=C(O)CCC1CCCCN1C(=O)Cc1cccc(Br)c1. The van der Waals surface area contributed by atoms with Crippen molar-refractivity contribution in [2.24, 2.45) is 0 Å². The maximum atomic E-state index is 12.5. The van der Waals surface area contributed by atoms with Crippen molar-refractivity contribution in [3.8, 4) is 0 Å². The number of hydrogen-bond donors (Lipinski definition) is 1. The van der Waals surface area contributed by atoms with Crippen LogP contribution in [-0.2, 0) is 16.0 Å². The first kappa shape index (κ1) is 16.0. The van der Waals surface area contributed by atoms with Crippen LogP contribution in [0.4, 0.5) is 0 Å². The zero-order valence-corrected chi connectivity index (χ0v) is 13.5. The molecule has 1 N–H and O–H groups in total. The van der Waals surface area contributed by atoms with Crippen molar-refractivity contribution >= 4 is 27.8 Å². The van der Waals surface area contributed by atoms with Gasteiger partial charge in [-0.3, -0.25) is 9.59 Å². The molecule has 0 radical (unpaired) electrons. The summed E-state index contributed by atoms with van der Waals surface area (Å²) in [7, 11) is 0. The number of amides is 1. The van der Waals surface area contributed by atoms with Crippen LogP contribution in [0.5, 0.6) is 0 Å². The molecule has 0 aromatic heterocycles. The third-order valence-electron chi connectivity index (χ3n) is 3.88. The second-order valence-electron chi connectivity index (χ2n) is 5.48. The van der Waals surface area contributed by atoms with E-state index in [-0.39, 0.29) is 18.4 Å². The van der Waals surface area contributed by atoms with Gasteiger partial charge in [-0.05, 0) is 43.4 Å². The van der Waals surface area contributed by atoms with Gasteiger partial charge >= 0.3 is 5.97 Å². The molecule has 5 heteroatoms. The third-order valence-corrected chi connectivity index (χ3v) is 4.38. The molecule has 1 saturated heterocycles. The van der Waals surface area contributed by atoms with Crippen LogP contribution in [0, 0.1) is 0 Å². The summed E-state index contributed by atoms with van der Waals surface area (Å²) < 4.78 is 0.967. The van der Waals surface area contributed by atoms with Crippen molar-refractivity contribution in [1.82, 2.24) is 4.90 Å². The number of aliphatic carboxylic acids is 1. The summed E-state index contributed by atoms with van der Waals surface area (Å²) in [6.07, 6.45) is 4.06. The van der Waals surface area contributed by atoms with Crippen LogP contribution in [0.1, 0.15) is 37.7 Å². The fourth-order valence-electron chi connectivity index (χ4n) is 2.84. The number of carbonyl (C=O) groups is 2. The topological polar surface area (TPSA) is 57.6 Å². The summed E-state index contributed by atoms with van der Waals surface area (Å²) in [6.45, 7) is 0.747. The Kier molecular flexibility index (Phi) is 5.79. The molecule has 0 bridgehead atoms. The van der Waals surface area contributed by atoms with Crippen LogP contribution in [0.25, 0.3) is 0 Å². The molecule has 4 nitrogen and oxygen atoms in total. The number of nitrogens with zero attached hydrogens (tertiary/aromatic N) is 1. The van der Waals surface area contributed by atoms with Crippen LogP contribution in [0.3, 0.4) is 0 Å². The second-order valence-corrected chi connectivity index (χ2v) is 6.39. The van der Waals surface area contributed by atoms with Gasteiger partial charge in [0.05, 0.1) is 6.42 Å². The molecular formula is C16H20BrNO3. The molecule has 1 amide bonds. The first-order valence-electron chi connectivity index (χ1n) is 7.32. The van der Waals surface area contributed by atoms with Gasteiger partial charge in [-0.15, -0.1) is 0 Å². The van der Waals surface area contributed by atoms with E-state index in [1.54, 1.807) is 0 Å². The Bertz CT molecular complexity index is 518. The van der Waals surface area contributed by atoms with Gasteiger partial charge < -0.3 is 10.0 Å². The van der Waals surface area contributed by atoms with Gasteiger partial charge in [0.2, 0.25) is 5.91 Å². The van der Waals surface area contributed by atoms with Gasteiger partial charge in [0.25, 0.3) is 0 Å². The minimum absolute atomic E-state index is 0.0782. The highest BCUT2D eigenvalue weighted by molar-refractivity contribution is 9.10. The van der Waals surface area contributed by atoms with E-state index in [0.717, 1.165) is 35.8 Å². The van der Waals surface area contributed by atoms with E-state index in [1.165, 1.54) is 0 Å². The highest BCUT2D eigenvalue weighted by atomic mass is 79.9. The number of piperidine rings is 1. The van der Waals surface area contributed by atoms with Crippen molar-refractivity contribution in [2.75, 3.05) is 6.54 Å². The van der Waals surface area contributed by atoms with Gasteiger partial charge in [0.1, 0.15) is 0 Å². The summed E-state index contributed by atoms with van der Waals surface area (Å²) in [6, 6.07) is 7.83. The average Bonchev–Trinajstić information content (AvgIpc) is 2.45. The number of benzene rings is 1. The zero-order valence-electron chi connectivity index (χ0n) is 11.9. The monoisotopic (exact) mass is 353 g/mol. The molecule has 1 heterocycles. The summed E-state index contributed by atoms with van der Waals surface area (Å²) in [5, 5.41) is 8.83. The van der Waals surface area contributed by atoms with E-state index >= 15 is 0 Å². The van der Waals surface area contributed by atoms with Gasteiger partial charge in [0.15, 0.2) is 0 Å². The molecule has 1 atom stereocenters. The van der Waals surface area contributed by atoms with Crippen molar-refractivity contribution in [2.45, 2.75) is 44.6 Å². The fourth-order valence-corrected chi connectivity index (χ4v) is 3.29. The van der Waals surface area contributed by atoms with Gasteiger partial charge in [0, 0.05) is 23.5 Å². The Morgan fingerprint density at radius 2 is 2.14 bits per heavy atom. The standard InChI is InChI=1S/C16H20BrNO3/c17-13-5-3-4-12(10-13)11-15(19)18-9-2-1-6-14(18)7-8-16(20)21/h3-5,10,14H,1-2,6-9,11H2,(H,20,21). The summed E-state index contributed by atoms with van der Waals surface area (Å²) in [4.78, 5) is 25.1. The molecule has 1 unspecified atom stereocenters. The minimum atomic E-state index is -0.792. The lowest BCUT2D eigenvalue weighted by molar-refractivity contribution is -0.139.